The van der Waals surface area contributed by atoms with Crippen LogP contribution in [0.3, 0.4) is 0 Å². The average molecular weight is 319 g/mol. The number of amides is 1. The summed E-state index contributed by atoms with van der Waals surface area (Å²) < 4.78 is 0. The summed E-state index contributed by atoms with van der Waals surface area (Å²) >= 11 is 0. The average Bonchev–Trinajstić information content (AvgIpc) is 2.81. The third-order valence-corrected chi connectivity index (χ3v) is 4.16. The number of aromatic nitrogens is 1. The van der Waals surface area contributed by atoms with Crippen molar-refractivity contribution in [3.63, 3.8) is 0 Å². The maximum Gasteiger partial charge on any atom is 0.326 e. The Balaban J connectivity index is 2.03. The largest absolute Gasteiger partial charge is 0.480 e. The first-order chi connectivity index (χ1) is 11.0. The molecule has 0 aliphatic carbocycles. The highest BCUT2D eigenvalue weighted by Crippen LogP contribution is 2.17. The van der Waals surface area contributed by atoms with Crippen molar-refractivity contribution in [2.24, 2.45) is 5.92 Å². The van der Waals surface area contributed by atoms with Crippen molar-refractivity contribution in [3.8, 4) is 0 Å². The highest BCUT2D eigenvalue weighted by molar-refractivity contribution is 5.96. The first-order valence-electron chi connectivity index (χ1n) is 8.23. The van der Waals surface area contributed by atoms with Gasteiger partial charge in [0, 0.05) is 19.3 Å². The van der Waals surface area contributed by atoms with Crippen molar-refractivity contribution in [1.82, 2.24) is 10.3 Å². The fourth-order valence-electron chi connectivity index (χ4n) is 2.75. The van der Waals surface area contributed by atoms with Crippen LogP contribution in [0.25, 0.3) is 0 Å². The molecular formula is C17H25N3O3. The monoisotopic (exact) mass is 319 g/mol. The van der Waals surface area contributed by atoms with E-state index in [0.29, 0.717) is 5.56 Å². The zero-order valence-corrected chi connectivity index (χ0v) is 13.8. The van der Waals surface area contributed by atoms with Crippen LogP contribution in [0.2, 0.25) is 0 Å². The van der Waals surface area contributed by atoms with Gasteiger partial charge in [-0.3, -0.25) is 4.79 Å². The summed E-state index contributed by atoms with van der Waals surface area (Å²) in [6.07, 6.45) is 6.36. The molecular weight excluding hydrogens is 294 g/mol. The number of nitrogens with zero attached hydrogens (tertiary/aromatic N) is 2. The molecule has 1 fully saturated rings. The zero-order valence-electron chi connectivity index (χ0n) is 13.8. The number of nitrogens with one attached hydrogen (secondary N) is 1. The summed E-state index contributed by atoms with van der Waals surface area (Å²) in [7, 11) is 0. The molecule has 2 rings (SSSR count). The number of carboxylic acid groups (broad SMARTS) is 1. The van der Waals surface area contributed by atoms with Gasteiger partial charge in [0.05, 0.1) is 5.56 Å². The second-order valence-electron chi connectivity index (χ2n) is 6.34. The minimum Gasteiger partial charge on any atom is -0.480 e. The highest BCUT2D eigenvalue weighted by Gasteiger charge is 2.24. The van der Waals surface area contributed by atoms with Gasteiger partial charge in [0.2, 0.25) is 0 Å². The molecule has 6 heteroatoms. The highest BCUT2D eigenvalue weighted by atomic mass is 16.4. The Morgan fingerprint density at radius 1 is 1.17 bits per heavy atom. The Labute approximate surface area is 136 Å². The Hall–Kier alpha value is -2.11. The van der Waals surface area contributed by atoms with E-state index in [-0.39, 0.29) is 5.92 Å². The quantitative estimate of drug-likeness (QED) is 0.870. The summed E-state index contributed by atoms with van der Waals surface area (Å²) in [5, 5.41) is 11.7. The summed E-state index contributed by atoms with van der Waals surface area (Å²) in [6.45, 7) is 5.51. The smallest absolute Gasteiger partial charge is 0.326 e. The molecule has 1 aromatic rings. The van der Waals surface area contributed by atoms with Gasteiger partial charge in [0.1, 0.15) is 11.9 Å². The van der Waals surface area contributed by atoms with Gasteiger partial charge in [-0.1, -0.05) is 26.7 Å². The molecule has 6 nitrogen and oxygen atoms in total. The molecule has 1 aromatic heterocycles. The van der Waals surface area contributed by atoms with Crippen molar-refractivity contribution in [1.29, 1.82) is 0 Å². The van der Waals surface area contributed by atoms with Gasteiger partial charge in [-0.25, -0.2) is 9.78 Å². The van der Waals surface area contributed by atoms with Gasteiger partial charge in [-0.15, -0.1) is 0 Å². The van der Waals surface area contributed by atoms with Crippen molar-refractivity contribution < 1.29 is 14.7 Å². The SMILES string of the molecule is CC(C)[C@H](NC(=O)c1ccc(N2CCCCCC2)nc1)C(=O)O. The van der Waals surface area contributed by atoms with Crippen molar-refractivity contribution in [2.75, 3.05) is 18.0 Å². The lowest BCUT2D eigenvalue weighted by molar-refractivity contribution is -0.140. The van der Waals surface area contributed by atoms with Crippen LogP contribution < -0.4 is 10.2 Å². The van der Waals surface area contributed by atoms with Crippen molar-refractivity contribution >= 4 is 17.7 Å². The number of aliphatic carboxylic acids is 1. The minimum absolute atomic E-state index is 0.180. The fraction of sp³-hybridized carbons (Fsp3) is 0.588. The summed E-state index contributed by atoms with van der Waals surface area (Å²) in [4.78, 5) is 30.0. The van der Waals surface area contributed by atoms with E-state index in [0.717, 1.165) is 18.9 Å². The van der Waals surface area contributed by atoms with Crippen LogP contribution in [0.4, 0.5) is 5.82 Å². The number of anilines is 1. The van der Waals surface area contributed by atoms with E-state index in [9.17, 15) is 9.59 Å². The standard InChI is InChI=1S/C17H25N3O3/c1-12(2)15(17(22)23)19-16(21)13-7-8-14(18-11-13)20-9-5-3-4-6-10-20/h7-8,11-12,15H,3-6,9-10H2,1-2H3,(H,19,21)(H,22,23)/t15-/m0/s1. The summed E-state index contributed by atoms with van der Waals surface area (Å²) in [6, 6.07) is 2.65. The summed E-state index contributed by atoms with van der Waals surface area (Å²) in [5.74, 6) is -0.730. The predicted octanol–water partition coefficient (Wildman–Crippen LogP) is 2.30. The van der Waals surface area contributed by atoms with Crippen LogP contribution >= 0.6 is 0 Å². The van der Waals surface area contributed by atoms with Crippen molar-refractivity contribution in [2.45, 2.75) is 45.6 Å². The van der Waals surface area contributed by atoms with Gasteiger partial charge >= 0.3 is 5.97 Å². The number of hydrogen-bond donors (Lipinski definition) is 2. The van der Waals surface area contributed by atoms with Gasteiger partial charge in [-0.05, 0) is 30.9 Å². The van der Waals surface area contributed by atoms with Crippen LogP contribution in [0.15, 0.2) is 18.3 Å². The van der Waals surface area contributed by atoms with Crippen LogP contribution in [-0.2, 0) is 4.79 Å². The molecule has 1 saturated heterocycles. The third-order valence-electron chi connectivity index (χ3n) is 4.16. The van der Waals surface area contributed by atoms with E-state index in [1.54, 1.807) is 19.9 Å². The Morgan fingerprint density at radius 2 is 1.83 bits per heavy atom. The number of rotatable bonds is 5. The lowest BCUT2D eigenvalue weighted by Gasteiger charge is -2.21. The lowest BCUT2D eigenvalue weighted by atomic mass is 10.0. The van der Waals surface area contributed by atoms with Crippen molar-refractivity contribution in [3.05, 3.63) is 23.9 Å². The molecule has 1 aliphatic rings. The van der Waals surface area contributed by atoms with E-state index in [1.807, 2.05) is 6.07 Å². The Morgan fingerprint density at radius 3 is 2.30 bits per heavy atom. The molecule has 1 aliphatic heterocycles. The first kappa shape index (κ1) is 17.2. The van der Waals surface area contributed by atoms with Gasteiger partial charge < -0.3 is 15.3 Å². The van der Waals surface area contributed by atoms with Gasteiger partial charge in [-0.2, -0.15) is 0 Å². The lowest BCUT2D eigenvalue weighted by Crippen LogP contribution is -2.44. The maximum atomic E-state index is 12.2. The number of carbonyl (C=O) groups excluding carboxylic acids is 1. The molecule has 1 amide bonds. The molecule has 0 saturated carbocycles. The van der Waals surface area contributed by atoms with E-state index in [1.165, 1.54) is 31.9 Å². The molecule has 0 bridgehead atoms. The molecule has 0 spiro atoms. The molecule has 0 aromatic carbocycles. The van der Waals surface area contributed by atoms with E-state index >= 15 is 0 Å². The van der Waals surface area contributed by atoms with Crippen LogP contribution in [0.1, 0.15) is 49.9 Å². The zero-order chi connectivity index (χ0) is 16.8. The van der Waals surface area contributed by atoms with E-state index in [2.05, 4.69) is 15.2 Å². The molecule has 2 heterocycles. The number of pyridine rings is 1. The molecule has 0 unspecified atom stereocenters. The normalized spacial score (nSPS) is 16.7. The third kappa shape index (κ3) is 4.68. The Kier molecular flexibility index (Phi) is 5.96. The summed E-state index contributed by atoms with van der Waals surface area (Å²) in [5.41, 5.74) is 0.385. The van der Waals surface area contributed by atoms with Gasteiger partial charge in [0.15, 0.2) is 0 Å². The molecule has 2 N–H and O–H groups in total. The maximum absolute atomic E-state index is 12.2. The molecule has 126 valence electrons. The second kappa shape index (κ2) is 7.94. The Bertz CT molecular complexity index is 535. The van der Waals surface area contributed by atoms with Crippen LogP contribution in [0, 0.1) is 5.92 Å². The topological polar surface area (TPSA) is 82.5 Å². The predicted molar refractivity (Wildman–Crippen MR) is 88.6 cm³/mol. The molecule has 0 radical (unpaired) electrons. The van der Waals surface area contributed by atoms with E-state index in [4.69, 9.17) is 5.11 Å². The number of hydrogen-bond acceptors (Lipinski definition) is 4. The minimum atomic E-state index is -1.03. The van der Waals surface area contributed by atoms with E-state index < -0.39 is 17.9 Å². The molecule has 1 atom stereocenters. The van der Waals surface area contributed by atoms with Crippen LogP contribution in [0.5, 0.6) is 0 Å². The number of carbonyl (C=O) groups is 2. The fourth-order valence-corrected chi connectivity index (χ4v) is 2.75. The number of carboxylic acids is 1. The van der Waals surface area contributed by atoms with Crippen LogP contribution in [-0.4, -0.2) is 41.1 Å². The second-order valence-corrected chi connectivity index (χ2v) is 6.34. The first-order valence-corrected chi connectivity index (χ1v) is 8.23. The van der Waals surface area contributed by atoms with Gasteiger partial charge in [0.25, 0.3) is 5.91 Å². The molecule has 23 heavy (non-hydrogen) atoms.